The number of hydrogen-bond donors (Lipinski definition) is 2. The van der Waals surface area contributed by atoms with Crippen molar-refractivity contribution >= 4 is 17.5 Å². The van der Waals surface area contributed by atoms with E-state index < -0.39 is 6.10 Å². The van der Waals surface area contributed by atoms with Crippen LogP contribution in [0.3, 0.4) is 0 Å². The molecule has 1 atom stereocenters. The van der Waals surface area contributed by atoms with Crippen LogP contribution in [0.5, 0.6) is 11.5 Å². The SMILES string of the molecule is C[C@H]1Oc2ccccc2N(CCC(=O)NCc2ccc(O)cc2)C1=O. The number of amides is 2. The third kappa shape index (κ3) is 3.91. The molecule has 1 aliphatic heterocycles. The van der Waals surface area contributed by atoms with Crippen molar-refractivity contribution in [2.75, 3.05) is 11.4 Å². The van der Waals surface area contributed by atoms with Crippen molar-refractivity contribution in [3.05, 3.63) is 54.1 Å². The van der Waals surface area contributed by atoms with Crippen LogP contribution >= 0.6 is 0 Å². The molecule has 0 aliphatic carbocycles. The first-order valence-corrected chi connectivity index (χ1v) is 8.16. The predicted molar refractivity (Wildman–Crippen MR) is 93.5 cm³/mol. The number of phenols is 1. The fourth-order valence-corrected chi connectivity index (χ4v) is 2.71. The topological polar surface area (TPSA) is 78.9 Å². The number of nitrogens with zero attached hydrogens (tertiary/aromatic N) is 1. The summed E-state index contributed by atoms with van der Waals surface area (Å²) in [6, 6.07) is 14.0. The molecule has 0 saturated carbocycles. The molecule has 130 valence electrons. The molecule has 2 N–H and O–H groups in total. The van der Waals surface area contributed by atoms with E-state index in [0.29, 0.717) is 24.5 Å². The van der Waals surface area contributed by atoms with Gasteiger partial charge in [-0.1, -0.05) is 24.3 Å². The number of hydrogen-bond acceptors (Lipinski definition) is 4. The van der Waals surface area contributed by atoms with Crippen molar-refractivity contribution in [2.45, 2.75) is 26.0 Å². The molecule has 1 aliphatic rings. The summed E-state index contributed by atoms with van der Waals surface area (Å²) in [4.78, 5) is 26.1. The molecule has 3 rings (SSSR count). The van der Waals surface area contributed by atoms with Gasteiger partial charge in [-0.05, 0) is 36.8 Å². The maximum Gasteiger partial charge on any atom is 0.267 e. The zero-order valence-corrected chi connectivity index (χ0v) is 13.9. The molecular formula is C19H20N2O4. The third-order valence-corrected chi connectivity index (χ3v) is 4.06. The predicted octanol–water partition coefficient (Wildman–Crippen LogP) is 2.21. The largest absolute Gasteiger partial charge is 0.508 e. The number of fused-ring (bicyclic) bond motifs is 1. The van der Waals surface area contributed by atoms with Crippen molar-refractivity contribution in [3.63, 3.8) is 0 Å². The number of phenolic OH excluding ortho intramolecular Hbond substituents is 1. The quantitative estimate of drug-likeness (QED) is 0.875. The van der Waals surface area contributed by atoms with Crippen LogP contribution in [-0.2, 0) is 16.1 Å². The number of para-hydroxylation sites is 2. The van der Waals surface area contributed by atoms with Gasteiger partial charge in [-0.25, -0.2) is 0 Å². The fourth-order valence-electron chi connectivity index (χ4n) is 2.71. The summed E-state index contributed by atoms with van der Waals surface area (Å²) in [5.74, 6) is 0.551. The Morgan fingerprint density at radius 2 is 1.92 bits per heavy atom. The van der Waals surface area contributed by atoms with Crippen LogP contribution < -0.4 is 15.0 Å². The fraction of sp³-hybridized carbons (Fsp3) is 0.263. The van der Waals surface area contributed by atoms with E-state index in [1.54, 1.807) is 36.1 Å². The Balaban J connectivity index is 1.58. The van der Waals surface area contributed by atoms with Gasteiger partial charge in [0, 0.05) is 19.5 Å². The van der Waals surface area contributed by atoms with Crippen LogP contribution in [0.4, 0.5) is 5.69 Å². The van der Waals surface area contributed by atoms with Gasteiger partial charge in [-0.3, -0.25) is 9.59 Å². The minimum atomic E-state index is -0.560. The summed E-state index contributed by atoms with van der Waals surface area (Å²) in [5, 5.41) is 12.1. The molecule has 0 aromatic heterocycles. The van der Waals surface area contributed by atoms with Gasteiger partial charge in [0.1, 0.15) is 11.5 Å². The van der Waals surface area contributed by atoms with Crippen LogP contribution in [0.15, 0.2) is 48.5 Å². The minimum Gasteiger partial charge on any atom is -0.508 e. The van der Waals surface area contributed by atoms with E-state index in [4.69, 9.17) is 4.74 Å². The summed E-state index contributed by atoms with van der Waals surface area (Å²) < 4.78 is 5.58. The Hall–Kier alpha value is -3.02. The highest BCUT2D eigenvalue weighted by Crippen LogP contribution is 2.33. The van der Waals surface area contributed by atoms with Crippen molar-refractivity contribution in [1.82, 2.24) is 5.32 Å². The lowest BCUT2D eigenvalue weighted by molar-refractivity contribution is -0.125. The van der Waals surface area contributed by atoms with Gasteiger partial charge in [0.15, 0.2) is 6.10 Å². The number of anilines is 1. The lowest BCUT2D eigenvalue weighted by Crippen LogP contribution is -2.45. The molecule has 6 heteroatoms. The summed E-state index contributed by atoms with van der Waals surface area (Å²) in [6.07, 6.45) is -0.361. The monoisotopic (exact) mass is 340 g/mol. The Bertz CT molecular complexity index is 773. The molecule has 0 spiro atoms. The van der Waals surface area contributed by atoms with Crippen molar-refractivity contribution < 1.29 is 19.4 Å². The van der Waals surface area contributed by atoms with Crippen molar-refractivity contribution in [3.8, 4) is 11.5 Å². The van der Waals surface area contributed by atoms with Gasteiger partial charge in [-0.2, -0.15) is 0 Å². The van der Waals surface area contributed by atoms with Crippen LogP contribution in [0, 0.1) is 0 Å². The average molecular weight is 340 g/mol. The second-order valence-electron chi connectivity index (χ2n) is 5.91. The lowest BCUT2D eigenvalue weighted by atomic mass is 10.1. The van der Waals surface area contributed by atoms with Crippen LogP contribution in [0.2, 0.25) is 0 Å². The number of benzene rings is 2. The van der Waals surface area contributed by atoms with Crippen LogP contribution in [0.25, 0.3) is 0 Å². The van der Waals surface area contributed by atoms with E-state index >= 15 is 0 Å². The van der Waals surface area contributed by atoms with Crippen LogP contribution in [0.1, 0.15) is 18.9 Å². The van der Waals surface area contributed by atoms with E-state index in [1.165, 1.54) is 0 Å². The summed E-state index contributed by atoms with van der Waals surface area (Å²) >= 11 is 0. The lowest BCUT2D eigenvalue weighted by Gasteiger charge is -2.32. The standard InChI is InChI=1S/C19H20N2O4/c1-13-19(24)21(16-4-2-3-5-17(16)25-13)11-10-18(23)20-12-14-6-8-15(22)9-7-14/h2-9,13,22H,10-12H2,1H3,(H,20,23)/t13-/m1/s1. The van der Waals surface area contributed by atoms with E-state index in [-0.39, 0.29) is 24.0 Å². The van der Waals surface area contributed by atoms with Gasteiger partial charge in [0.25, 0.3) is 5.91 Å². The Morgan fingerprint density at radius 1 is 1.20 bits per heavy atom. The molecule has 2 aromatic carbocycles. The highest BCUT2D eigenvalue weighted by Gasteiger charge is 2.31. The Labute approximate surface area is 146 Å². The van der Waals surface area contributed by atoms with E-state index in [0.717, 1.165) is 5.56 Å². The molecule has 1 heterocycles. The number of carbonyl (C=O) groups is 2. The molecular weight excluding hydrogens is 320 g/mol. The van der Waals surface area contributed by atoms with Gasteiger partial charge in [0.2, 0.25) is 5.91 Å². The number of ether oxygens (including phenoxy) is 1. The first kappa shape index (κ1) is 16.8. The normalized spacial score (nSPS) is 16.1. The van der Waals surface area contributed by atoms with E-state index in [1.807, 2.05) is 24.3 Å². The number of rotatable bonds is 5. The first-order chi connectivity index (χ1) is 12.0. The molecule has 2 aromatic rings. The van der Waals surface area contributed by atoms with Gasteiger partial charge >= 0.3 is 0 Å². The number of nitrogens with one attached hydrogen (secondary N) is 1. The average Bonchev–Trinajstić information content (AvgIpc) is 2.61. The van der Waals surface area contributed by atoms with Crippen molar-refractivity contribution in [2.24, 2.45) is 0 Å². The molecule has 0 fully saturated rings. The second-order valence-corrected chi connectivity index (χ2v) is 5.91. The molecule has 0 bridgehead atoms. The third-order valence-electron chi connectivity index (χ3n) is 4.06. The highest BCUT2D eigenvalue weighted by atomic mass is 16.5. The number of carbonyl (C=O) groups excluding carboxylic acids is 2. The molecule has 0 saturated heterocycles. The molecule has 0 radical (unpaired) electrons. The van der Waals surface area contributed by atoms with E-state index in [2.05, 4.69) is 5.32 Å². The zero-order chi connectivity index (χ0) is 17.8. The zero-order valence-electron chi connectivity index (χ0n) is 13.9. The van der Waals surface area contributed by atoms with Crippen molar-refractivity contribution in [1.29, 1.82) is 0 Å². The molecule has 6 nitrogen and oxygen atoms in total. The molecule has 0 unspecified atom stereocenters. The van der Waals surface area contributed by atoms with Gasteiger partial charge in [0.05, 0.1) is 5.69 Å². The Morgan fingerprint density at radius 3 is 2.68 bits per heavy atom. The van der Waals surface area contributed by atoms with Gasteiger partial charge < -0.3 is 20.1 Å². The summed E-state index contributed by atoms with van der Waals surface area (Å²) in [6.45, 7) is 2.38. The maximum atomic E-state index is 12.4. The second kappa shape index (κ2) is 7.25. The molecule has 2 amide bonds. The highest BCUT2D eigenvalue weighted by molar-refractivity contribution is 6.00. The van der Waals surface area contributed by atoms with Gasteiger partial charge in [-0.15, -0.1) is 0 Å². The first-order valence-electron chi connectivity index (χ1n) is 8.16. The maximum absolute atomic E-state index is 12.4. The molecule has 25 heavy (non-hydrogen) atoms. The van der Waals surface area contributed by atoms with E-state index in [9.17, 15) is 14.7 Å². The smallest absolute Gasteiger partial charge is 0.267 e. The number of aromatic hydroxyl groups is 1. The Kier molecular flexibility index (Phi) is 4.88. The summed E-state index contributed by atoms with van der Waals surface area (Å²) in [7, 11) is 0. The van der Waals surface area contributed by atoms with Crippen LogP contribution in [-0.4, -0.2) is 29.6 Å². The minimum absolute atomic E-state index is 0.141. The summed E-state index contributed by atoms with van der Waals surface area (Å²) in [5.41, 5.74) is 1.59.